The Morgan fingerprint density at radius 2 is 2.00 bits per heavy atom. The second-order valence-corrected chi connectivity index (χ2v) is 3.82. The molecular formula is C12H11N5. The summed E-state index contributed by atoms with van der Waals surface area (Å²) >= 11 is 0. The average molecular weight is 225 g/mol. The number of anilines is 1. The minimum Gasteiger partial charge on any atom is -0.396 e. The van der Waals surface area contributed by atoms with Crippen LogP contribution in [0.1, 0.15) is 11.4 Å². The minimum atomic E-state index is 0.574. The van der Waals surface area contributed by atoms with Crippen molar-refractivity contribution in [3.63, 3.8) is 0 Å². The molecule has 1 aromatic carbocycles. The maximum atomic E-state index is 5.63. The van der Waals surface area contributed by atoms with Crippen molar-refractivity contribution in [3.8, 4) is 0 Å². The van der Waals surface area contributed by atoms with Gasteiger partial charge in [-0.3, -0.25) is 0 Å². The number of benzene rings is 1. The monoisotopic (exact) mass is 225 g/mol. The molecule has 0 atom stereocenters. The van der Waals surface area contributed by atoms with E-state index in [0.717, 1.165) is 5.82 Å². The smallest absolute Gasteiger partial charge is 0.252 e. The van der Waals surface area contributed by atoms with Gasteiger partial charge in [0.1, 0.15) is 0 Å². The molecule has 2 heterocycles. The number of hydrogen-bond acceptors (Lipinski definition) is 4. The SMILES string of the molecule is Nc1cnc2nc(Cc3ccccc3)nn2c1. The summed E-state index contributed by atoms with van der Waals surface area (Å²) in [6.07, 6.45) is 3.99. The number of nitrogens with two attached hydrogens (primary N) is 1. The highest BCUT2D eigenvalue weighted by molar-refractivity contribution is 5.38. The van der Waals surface area contributed by atoms with Gasteiger partial charge in [-0.05, 0) is 5.56 Å². The number of aromatic nitrogens is 4. The van der Waals surface area contributed by atoms with Crippen molar-refractivity contribution in [1.82, 2.24) is 19.6 Å². The molecule has 3 rings (SSSR count). The molecule has 0 fully saturated rings. The van der Waals surface area contributed by atoms with Gasteiger partial charge >= 0.3 is 0 Å². The maximum absolute atomic E-state index is 5.63. The molecule has 5 heteroatoms. The van der Waals surface area contributed by atoms with Crippen LogP contribution in [0.15, 0.2) is 42.7 Å². The number of nitrogens with zero attached hydrogens (tertiary/aromatic N) is 4. The Bertz CT molecular complexity index is 644. The number of hydrogen-bond donors (Lipinski definition) is 1. The van der Waals surface area contributed by atoms with Gasteiger partial charge in [0, 0.05) is 6.42 Å². The topological polar surface area (TPSA) is 69.1 Å². The Kier molecular flexibility index (Phi) is 2.22. The number of fused-ring (bicyclic) bond motifs is 1. The Hall–Kier alpha value is -2.43. The first-order chi connectivity index (χ1) is 8.31. The summed E-state index contributed by atoms with van der Waals surface area (Å²) in [5, 5.41) is 4.33. The van der Waals surface area contributed by atoms with Crippen LogP contribution in [-0.2, 0) is 6.42 Å². The fourth-order valence-electron chi connectivity index (χ4n) is 1.69. The van der Waals surface area contributed by atoms with Crippen LogP contribution in [-0.4, -0.2) is 19.6 Å². The van der Waals surface area contributed by atoms with E-state index in [9.17, 15) is 0 Å². The first-order valence-electron chi connectivity index (χ1n) is 5.32. The molecule has 0 bridgehead atoms. The van der Waals surface area contributed by atoms with E-state index in [-0.39, 0.29) is 0 Å². The van der Waals surface area contributed by atoms with Crippen LogP contribution in [0.25, 0.3) is 5.78 Å². The fraction of sp³-hybridized carbons (Fsp3) is 0.0833. The molecule has 2 N–H and O–H groups in total. The van der Waals surface area contributed by atoms with Gasteiger partial charge < -0.3 is 5.73 Å². The molecule has 0 spiro atoms. The third kappa shape index (κ3) is 1.94. The molecule has 0 radical (unpaired) electrons. The van der Waals surface area contributed by atoms with Crippen LogP contribution in [0.3, 0.4) is 0 Å². The Morgan fingerprint density at radius 1 is 1.18 bits per heavy atom. The average Bonchev–Trinajstić information content (AvgIpc) is 2.71. The quantitative estimate of drug-likeness (QED) is 0.713. The van der Waals surface area contributed by atoms with Crippen LogP contribution in [0.5, 0.6) is 0 Å². The molecule has 2 aromatic heterocycles. The van der Waals surface area contributed by atoms with Gasteiger partial charge in [-0.25, -0.2) is 9.50 Å². The third-order valence-corrected chi connectivity index (χ3v) is 2.46. The predicted octanol–water partition coefficient (Wildman–Crippen LogP) is 1.30. The van der Waals surface area contributed by atoms with E-state index in [1.165, 1.54) is 5.56 Å². The molecule has 0 amide bonds. The van der Waals surface area contributed by atoms with Gasteiger partial charge in [0.15, 0.2) is 5.82 Å². The van der Waals surface area contributed by atoms with E-state index in [0.29, 0.717) is 17.9 Å². The van der Waals surface area contributed by atoms with Gasteiger partial charge in [0.05, 0.1) is 18.1 Å². The van der Waals surface area contributed by atoms with Crippen LogP contribution >= 0.6 is 0 Å². The summed E-state index contributed by atoms with van der Waals surface area (Å²) in [4.78, 5) is 8.44. The summed E-state index contributed by atoms with van der Waals surface area (Å²) in [6.45, 7) is 0. The van der Waals surface area contributed by atoms with Crippen molar-refractivity contribution in [2.45, 2.75) is 6.42 Å². The molecule has 0 saturated heterocycles. The first kappa shape index (κ1) is 9.77. The van der Waals surface area contributed by atoms with E-state index in [2.05, 4.69) is 15.1 Å². The summed E-state index contributed by atoms with van der Waals surface area (Å²) in [5.74, 6) is 1.32. The van der Waals surface area contributed by atoms with E-state index >= 15 is 0 Å². The highest BCUT2D eigenvalue weighted by atomic mass is 15.3. The molecular weight excluding hydrogens is 214 g/mol. The van der Waals surface area contributed by atoms with Crippen molar-refractivity contribution in [2.24, 2.45) is 0 Å². The van der Waals surface area contributed by atoms with Gasteiger partial charge in [-0.1, -0.05) is 30.3 Å². The molecule has 0 aliphatic heterocycles. The Morgan fingerprint density at radius 3 is 2.82 bits per heavy atom. The largest absolute Gasteiger partial charge is 0.396 e. The van der Waals surface area contributed by atoms with E-state index in [1.807, 2.05) is 30.3 Å². The molecule has 84 valence electrons. The standard InChI is InChI=1S/C12H11N5/c13-10-7-14-12-15-11(16-17(12)8-10)6-9-4-2-1-3-5-9/h1-5,7-8H,6,13H2. The number of rotatable bonds is 2. The highest BCUT2D eigenvalue weighted by Gasteiger charge is 2.05. The van der Waals surface area contributed by atoms with Crippen LogP contribution in [0.2, 0.25) is 0 Å². The van der Waals surface area contributed by atoms with Gasteiger partial charge in [-0.2, -0.15) is 4.98 Å². The van der Waals surface area contributed by atoms with Crippen molar-refractivity contribution < 1.29 is 0 Å². The van der Waals surface area contributed by atoms with Crippen LogP contribution in [0, 0.1) is 0 Å². The molecule has 0 unspecified atom stereocenters. The van der Waals surface area contributed by atoms with Crippen LogP contribution in [0.4, 0.5) is 5.69 Å². The van der Waals surface area contributed by atoms with Crippen molar-refractivity contribution in [3.05, 3.63) is 54.1 Å². The minimum absolute atomic E-state index is 0.574. The number of nitrogen functional groups attached to an aromatic ring is 1. The van der Waals surface area contributed by atoms with Gasteiger partial charge in [0.2, 0.25) is 0 Å². The molecule has 17 heavy (non-hydrogen) atoms. The molecule has 0 aliphatic carbocycles. The van der Waals surface area contributed by atoms with Crippen molar-refractivity contribution in [1.29, 1.82) is 0 Å². The molecule has 0 aliphatic rings. The third-order valence-electron chi connectivity index (χ3n) is 2.46. The predicted molar refractivity (Wildman–Crippen MR) is 64.4 cm³/mol. The lowest BCUT2D eigenvalue weighted by atomic mass is 10.1. The normalized spacial score (nSPS) is 10.8. The summed E-state index contributed by atoms with van der Waals surface area (Å²) < 4.78 is 1.60. The fourth-order valence-corrected chi connectivity index (χ4v) is 1.69. The van der Waals surface area contributed by atoms with Crippen molar-refractivity contribution in [2.75, 3.05) is 5.73 Å². The Balaban J connectivity index is 1.96. The Labute approximate surface area is 97.9 Å². The van der Waals surface area contributed by atoms with E-state index < -0.39 is 0 Å². The van der Waals surface area contributed by atoms with E-state index in [4.69, 9.17) is 5.73 Å². The molecule has 5 nitrogen and oxygen atoms in total. The zero-order valence-corrected chi connectivity index (χ0v) is 9.11. The maximum Gasteiger partial charge on any atom is 0.252 e. The first-order valence-corrected chi connectivity index (χ1v) is 5.32. The second-order valence-electron chi connectivity index (χ2n) is 3.82. The highest BCUT2D eigenvalue weighted by Crippen LogP contribution is 2.07. The summed E-state index contributed by atoms with van der Waals surface area (Å²) in [7, 11) is 0. The van der Waals surface area contributed by atoms with Gasteiger partial charge in [0.25, 0.3) is 5.78 Å². The molecule has 0 saturated carbocycles. The van der Waals surface area contributed by atoms with E-state index in [1.54, 1.807) is 16.9 Å². The van der Waals surface area contributed by atoms with Gasteiger partial charge in [-0.15, -0.1) is 5.10 Å². The summed E-state index contributed by atoms with van der Waals surface area (Å²) in [5.41, 5.74) is 7.39. The van der Waals surface area contributed by atoms with Crippen LogP contribution < -0.4 is 5.73 Å². The lowest BCUT2D eigenvalue weighted by Gasteiger charge is -1.94. The zero-order chi connectivity index (χ0) is 11.7. The summed E-state index contributed by atoms with van der Waals surface area (Å²) in [6, 6.07) is 10.1. The van der Waals surface area contributed by atoms with Crippen molar-refractivity contribution >= 4 is 11.5 Å². The lowest BCUT2D eigenvalue weighted by molar-refractivity contribution is 0.893. The zero-order valence-electron chi connectivity index (χ0n) is 9.11. The molecule has 3 aromatic rings. The lowest BCUT2D eigenvalue weighted by Crippen LogP contribution is -1.94. The second kappa shape index (κ2) is 3.86.